The van der Waals surface area contributed by atoms with Crippen LogP contribution in [0.5, 0.6) is 0 Å². The van der Waals surface area contributed by atoms with Crippen LogP contribution in [-0.4, -0.2) is 42.6 Å². The third kappa shape index (κ3) is 5.06. The van der Waals surface area contributed by atoms with Gasteiger partial charge in [0, 0.05) is 5.39 Å². The molecule has 0 saturated heterocycles. The number of hydrogen-bond acceptors (Lipinski definition) is 6. The standard InChI is InChI=1S/C21H26N2O5/c1-12(2)10-17(20(25)27-5)23-18(24)11-28-21(26)19-13(3)15-8-6-7-9-16(15)22-14(19)4/h6-9,12,17H,10-11H2,1-5H3,(H,23,24)/t17-/m1/s1. The summed E-state index contributed by atoms with van der Waals surface area (Å²) >= 11 is 0. The van der Waals surface area contributed by atoms with Crippen molar-refractivity contribution in [3.05, 3.63) is 41.1 Å². The maximum Gasteiger partial charge on any atom is 0.340 e. The molecule has 150 valence electrons. The van der Waals surface area contributed by atoms with Gasteiger partial charge < -0.3 is 14.8 Å². The molecule has 0 aliphatic rings. The summed E-state index contributed by atoms with van der Waals surface area (Å²) in [5, 5.41) is 3.41. The lowest BCUT2D eigenvalue weighted by Gasteiger charge is -2.18. The first kappa shape index (κ1) is 21.3. The third-order valence-corrected chi connectivity index (χ3v) is 4.40. The summed E-state index contributed by atoms with van der Waals surface area (Å²) in [6.45, 7) is 6.92. The number of nitrogens with one attached hydrogen (secondary N) is 1. The van der Waals surface area contributed by atoms with E-state index in [1.807, 2.05) is 45.0 Å². The summed E-state index contributed by atoms with van der Waals surface area (Å²) in [6, 6.07) is 6.73. The van der Waals surface area contributed by atoms with Gasteiger partial charge in [-0.25, -0.2) is 9.59 Å². The number of ether oxygens (including phenoxy) is 2. The van der Waals surface area contributed by atoms with Gasteiger partial charge in [0.25, 0.3) is 5.91 Å². The van der Waals surface area contributed by atoms with E-state index < -0.39 is 30.5 Å². The van der Waals surface area contributed by atoms with E-state index in [0.29, 0.717) is 17.7 Å². The summed E-state index contributed by atoms with van der Waals surface area (Å²) in [5.74, 6) is -1.53. The van der Waals surface area contributed by atoms with Crippen LogP contribution in [0.1, 0.15) is 41.9 Å². The average molecular weight is 386 g/mol. The predicted molar refractivity (Wildman–Crippen MR) is 105 cm³/mol. The summed E-state index contributed by atoms with van der Waals surface area (Å²) in [4.78, 5) is 41.0. The van der Waals surface area contributed by atoms with Crippen LogP contribution < -0.4 is 5.32 Å². The summed E-state index contributed by atoms with van der Waals surface area (Å²) in [7, 11) is 1.26. The second kappa shape index (κ2) is 9.30. The molecule has 1 aromatic carbocycles. The predicted octanol–water partition coefficient (Wildman–Crippen LogP) is 2.71. The number of aromatic nitrogens is 1. The molecule has 28 heavy (non-hydrogen) atoms. The van der Waals surface area contributed by atoms with Gasteiger partial charge in [0.15, 0.2) is 6.61 Å². The molecular formula is C21H26N2O5. The Morgan fingerprint density at radius 3 is 2.46 bits per heavy atom. The number of amides is 1. The van der Waals surface area contributed by atoms with Crippen LogP contribution >= 0.6 is 0 Å². The van der Waals surface area contributed by atoms with Gasteiger partial charge >= 0.3 is 11.9 Å². The Kier molecular flexibility index (Phi) is 7.09. The molecule has 0 spiro atoms. The Bertz CT molecular complexity index is 892. The lowest BCUT2D eigenvalue weighted by Crippen LogP contribution is -2.44. The van der Waals surface area contributed by atoms with Crippen molar-refractivity contribution in [1.29, 1.82) is 0 Å². The normalized spacial score (nSPS) is 11.9. The number of carbonyl (C=O) groups is 3. The SMILES string of the molecule is COC(=O)[C@@H](CC(C)C)NC(=O)COC(=O)c1c(C)nc2ccccc2c1C. The van der Waals surface area contributed by atoms with Gasteiger partial charge in [0.05, 0.1) is 23.9 Å². The van der Waals surface area contributed by atoms with E-state index in [-0.39, 0.29) is 5.92 Å². The van der Waals surface area contributed by atoms with Crippen LogP contribution in [0.2, 0.25) is 0 Å². The highest BCUT2D eigenvalue weighted by Crippen LogP contribution is 2.23. The van der Waals surface area contributed by atoms with Crippen molar-refractivity contribution in [2.24, 2.45) is 5.92 Å². The fourth-order valence-electron chi connectivity index (χ4n) is 3.10. The maximum atomic E-state index is 12.6. The van der Waals surface area contributed by atoms with Crippen molar-refractivity contribution in [3.8, 4) is 0 Å². The minimum absolute atomic E-state index is 0.181. The molecule has 7 nitrogen and oxygen atoms in total. The Hall–Kier alpha value is -2.96. The van der Waals surface area contributed by atoms with Crippen molar-refractivity contribution in [3.63, 3.8) is 0 Å². The van der Waals surface area contributed by atoms with E-state index in [9.17, 15) is 14.4 Å². The first-order chi connectivity index (χ1) is 13.2. The van der Waals surface area contributed by atoms with Crippen LogP contribution in [0.15, 0.2) is 24.3 Å². The molecule has 1 N–H and O–H groups in total. The van der Waals surface area contributed by atoms with Crippen LogP contribution in [0.3, 0.4) is 0 Å². The number of pyridine rings is 1. The van der Waals surface area contributed by atoms with Crippen LogP contribution in [-0.2, 0) is 19.1 Å². The zero-order valence-electron chi connectivity index (χ0n) is 16.9. The molecule has 2 aromatic rings. The minimum atomic E-state index is -0.776. The van der Waals surface area contributed by atoms with E-state index in [4.69, 9.17) is 9.47 Å². The number of para-hydroxylation sites is 1. The Morgan fingerprint density at radius 2 is 1.82 bits per heavy atom. The second-order valence-corrected chi connectivity index (χ2v) is 7.06. The molecule has 1 aromatic heterocycles. The highest BCUT2D eigenvalue weighted by Gasteiger charge is 2.24. The highest BCUT2D eigenvalue weighted by atomic mass is 16.5. The molecule has 0 unspecified atom stereocenters. The molecular weight excluding hydrogens is 360 g/mol. The molecule has 0 aliphatic heterocycles. The van der Waals surface area contributed by atoms with Crippen molar-refractivity contribution < 1.29 is 23.9 Å². The molecule has 2 rings (SSSR count). The van der Waals surface area contributed by atoms with E-state index in [1.54, 1.807) is 6.92 Å². The van der Waals surface area contributed by atoms with Crippen molar-refractivity contribution in [1.82, 2.24) is 10.3 Å². The Labute approximate surface area is 164 Å². The molecule has 1 heterocycles. The zero-order chi connectivity index (χ0) is 20.8. The van der Waals surface area contributed by atoms with Crippen molar-refractivity contribution in [2.75, 3.05) is 13.7 Å². The number of esters is 2. The Morgan fingerprint density at radius 1 is 1.14 bits per heavy atom. The van der Waals surface area contributed by atoms with Gasteiger partial charge in [-0.05, 0) is 37.8 Å². The van der Waals surface area contributed by atoms with E-state index in [2.05, 4.69) is 10.3 Å². The molecule has 0 radical (unpaired) electrons. The molecule has 1 amide bonds. The van der Waals surface area contributed by atoms with Crippen LogP contribution in [0, 0.1) is 19.8 Å². The van der Waals surface area contributed by atoms with Gasteiger partial charge in [-0.15, -0.1) is 0 Å². The minimum Gasteiger partial charge on any atom is -0.467 e. The van der Waals surface area contributed by atoms with Crippen molar-refractivity contribution >= 4 is 28.7 Å². The molecule has 0 aliphatic carbocycles. The molecule has 7 heteroatoms. The molecule has 1 atom stereocenters. The molecule has 0 bridgehead atoms. The van der Waals surface area contributed by atoms with Crippen LogP contribution in [0.4, 0.5) is 0 Å². The zero-order valence-corrected chi connectivity index (χ0v) is 16.9. The second-order valence-electron chi connectivity index (χ2n) is 7.06. The van der Waals surface area contributed by atoms with Gasteiger partial charge in [0.1, 0.15) is 6.04 Å². The van der Waals surface area contributed by atoms with Gasteiger partial charge in [-0.3, -0.25) is 9.78 Å². The number of nitrogens with zero attached hydrogens (tertiary/aromatic N) is 1. The lowest BCUT2D eigenvalue weighted by molar-refractivity contribution is -0.145. The fourth-order valence-corrected chi connectivity index (χ4v) is 3.10. The first-order valence-electron chi connectivity index (χ1n) is 9.14. The van der Waals surface area contributed by atoms with E-state index in [0.717, 1.165) is 16.5 Å². The topological polar surface area (TPSA) is 94.6 Å². The number of fused-ring (bicyclic) bond motifs is 1. The molecule has 0 saturated carbocycles. The third-order valence-electron chi connectivity index (χ3n) is 4.40. The number of hydrogen-bond donors (Lipinski definition) is 1. The van der Waals surface area contributed by atoms with Gasteiger partial charge in [-0.2, -0.15) is 0 Å². The van der Waals surface area contributed by atoms with E-state index in [1.165, 1.54) is 7.11 Å². The smallest absolute Gasteiger partial charge is 0.340 e. The molecule has 0 fully saturated rings. The number of methoxy groups -OCH3 is 1. The quantitative estimate of drug-likeness (QED) is 0.735. The Balaban J connectivity index is 2.08. The first-order valence-corrected chi connectivity index (χ1v) is 9.14. The monoisotopic (exact) mass is 386 g/mol. The largest absolute Gasteiger partial charge is 0.467 e. The summed E-state index contributed by atoms with van der Waals surface area (Å²) in [6.07, 6.45) is 0.430. The van der Waals surface area contributed by atoms with Crippen LogP contribution in [0.25, 0.3) is 10.9 Å². The highest BCUT2D eigenvalue weighted by molar-refractivity contribution is 5.99. The lowest BCUT2D eigenvalue weighted by atomic mass is 10.0. The average Bonchev–Trinajstić information content (AvgIpc) is 2.64. The number of aryl methyl sites for hydroxylation is 2. The van der Waals surface area contributed by atoms with Gasteiger partial charge in [-0.1, -0.05) is 32.0 Å². The van der Waals surface area contributed by atoms with Crippen molar-refractivity contribution in [2.45, 2.75) is 40.2 Å². The number of rotatable bonds is 7. The summed E-state index contributed by atoms with van der Waals surface area (Å²) < 4.78 is 9.89. The fraction of sp³-hybridized carbons (Fsp3) is 0.429. The van der Waals surface area contributed by atoms with Gasteiger partial charge in [0.2, 0.25) is 0 Å². The summed E-state index contributed by atoms with van der Waals surface area (Å²) in [5.41, 5.74) is 2.43. The number of benzene rings is 1. The van der Waals surface area contributed by atoms with E-state index >= 15 is 0 Å². The maximum absolute atomic E-state index is 12.6. The number of carbonyl (C=O) groups excluding carboxylic acids is 3.